The fourth-order valence-electron chi connectivity index (χ4n) is 3.51. The smallest absolute Gasteiger partial charge is 0.244 e. The highest BCUT2D eigenvalue weighted by atomic mass is 35.5. The lowest BCUT2D eigenvalue weighted by Gasteiger charge is -2.33. The standard InChI is InChI=1S/C24H32ClN3O4S/c1-5-14-26-24(30)22(6-2)27(16-19-9-7-8-18(3)15-19)23(29)17-28(33(4,31)32)21-12-10-20(25)11-13-21/h7-13,15,22H,5-6,14,16-17H2,1-4H3,(H,26,30)/t22-/m0/s1. The monoisotopic (exact) mass is 493 g/mol. The molecule has 0 aromatic heterocycles. The molecule has 9 heteroatoms. The summed E-state index contributed by atoms with van der Waals surface area (Å²) in [5.41, 5.74) is 2.22. The largest absolute Gasteiger partial charge is 0.354 e. The van der Waals surface area contributed by atoms with E-state index in [0.717, 1.165) is 28.1 Å². The molecule has 180 valence electrons. The molecule has 1 N–H and O–H groups in total. The number of carbonyl (C=O) groups excluding carboxylic acids is 2. The SMILES string of the molecule is CCCNC(=O)[C@H](CC)N(Cc1cccc(C)c1)C(=O)CN(c1ccc(Cl)cc1)S(C)(=O)=O. The van der Waals surface area contributed by atoms with Crippen LogP contribution in [0.4, 0.5) is 5.69 Å². The van der Waals surface area contributed by atoms with Crippen LogP contribution in [-0.2, 0) is 26.2 Å². The number of anilines is 1. The van der Waals surface area contributed by atoms with Crippen molar-refractivity contribution < 1.29 is 18.0 Å². The Morgan fingerprint density at radius 1 is 1.09 bits per heavy atom. The molecule has 0 aliphatic rings. The third kappa shape index (κ3) is 7.75. The number of sulfonamides is 1. The van der Waals surface area contributed by atoms with Gasteiger partial charge in [0.25, 0.3) is 0 Å². The first-order chi connectivity index (χ1) is 15.6. The van der Waals surface area contributed by atoms with E-state index < -0.39 is 28.5 Å². The maximum Gasteiger partial charge on any atom is 0.244 e. The molecule has 2 aromatic carbocycles. The molecule has 0 heterocycles. The van der Waals surface area contributed by atoms with Crippen LogP contribution >= 0.6 is 11.6 Å². The molecular formula is C24H32ClN3O4S. The Labute approximate surface area is 201 Å². The van der Waals surface area contributed by atoms with Gasteiger partial charge in [-0.2, -0.15) is 0 Å². The van der Waals surface area contributed by atoms with Gasteiger partial charge in [-0.05, 0) is 49.6 Å². The topological polar surface area (TPSA) is 86.8 Å². The van der Waals surface area contributed by atoms with E-state index in [1.54, 1.807) is 24.3 Å². The number of hydrogen-bond donors (Lipinski definition) is 1. The van der Waals surface area contributed by atoms with E-state index in [0.29, 0.717) is 23.7 Å². The molecule has 0 bridgehead atoms. The summed E-state index contributed by atoms with van der Waals surface area (Å²) < 4.78 is 26.1. The van der Waals surface area contributed by atoms with Crippen molar-refractivity contribution in [3.05, 3.63) is 64.7 Å². The van der Waals surface area contributed by atoms with Crippen LogP contribution in [0.1, 0.15) is 37.8 Å². The van der Waals surface area contributed by atoms with E-state index in [2.05, 4.69) is 5.32 Å². The summed E-state index contributed by atoms with van der Waals surface area (Å²) in [6.07, 6.45) is 2.21. The second kappa shape index (κ2) is 12.0. The number of hydrogen-bond acceptors (Lipinski definition) is 4. The summed E-state index contributed by atoms with van der Waals surface area (Å²) in [5.74, 6) is -0.715. The maximum atomic E-state index is 13.5. The first-order valence-corrected chi connectivity index (χ1v) is 13.2. The maximum absolute atomic E-state index is 13.5. The third-order valence-electron chi connectivity index (χ3n) is 5.16. The number of amides is 2. The lowest BCUT2D eigenvalue weighted by Crippen LogP contribution is -2.52. The van der Waals surface area contributed by atoms with Crippen LogP contribution in [0.25, 0.3) is 0 Å². The molecule has 0 unspecified atom stereocenters. The lowest BCUT2D eigenvalue weighted by atomic mass is 10.1. The summed E-state index contributed by atoms with van der Waals surface area (Å²) in [6.45, 7) is 6.00. The minimum atomic E-state index is -3.76. The predicted octanol–water partition coefficient (Wildman–Crippen LogP) is 3.75. The summed E-state index contributed by atoms with van der Waals surface area (Å²) >= 11 is 5.94. The summed E-state index contributed by atoms with van der Waals surface area (Å²) in [7, 11) is -3.76. The number of nitrogens with zero attached hydrogens (tertiary/aromatic N) is 2. The zero-order valence-corrected chi connectivity index (χ0v) is 21.1. The van der Waals surface area contributed by atoms with Crippen molar-refractivity contribution in [1.29, 1.82) is 0 Å². The van der Waals surface area contributed by atoms with Gasteiger partial charge in [0.1, 0.15) is 12.6 Å². The molecule has 2 rings (SSSR count). The Bertz CT molecular complexity index is 1060. The number of aryl methyl sites for hydroxylation is 1. The van der Waals surface area contributed by atoms with E-state index in [1.165, 1.54) is 4.90 Å². The molecule has 0 aliphatic carbocycles. The fourth-order valence-corrected chi connectivity index (χ4v) is 4.49. The molecule has 0 aliphatic heterocycles. The van der Waals surface area contributed by atoms with Crippen LogP contribution in [0.5, 0.6) is 0 Å². The van der Waals surface area contributed by atoms with Crippen LogP contribution in [0.15, 0.2) is 48.5 Å². The van der Waals surface area contributed by atoms with E-state index in [9.17, 15) is 18.0 Å². The number of nitrogens with one attached hydrogen (secondary N) is 1. The number of carbonyl (C=O) groups is 2. The first-order valence-electron chi connectivity index (χ1n) is 10.9. The molecule has 33 heavy (non-hydrogen) atoms. The molecule has 0 radical (unpaired) electrons. The lowest BCUT2D eigenvalue weighted by molar-refractivity contribution is -0.140. The van der Waals surface area contributed by atoms with Crippen LogP contribution in [0, 0.1) is 6.92 Å². The van der Waals surface area contributed by atoms with E-state index in [4.69, 9.17) is 11.6 Å². The van der Waals surface area contributed by atoms with Gasteiger partial charge >= 0.3 is 0 Å². The first kappa shape index (κ1) is 26.7. The fraction of sp³-hybridized carbons (Fsp3) is 0.417. The van der Waals surface area contributed by atoms with Gasteiger partial charge in [0.05, 0.1) is 11.9 Å². The van der Waals surface area contributed by atoms with Gasteiger partial charge in [-0.25, -0.2) is 8.42 Å². The Morgan fingerprint density at radius 3 is 2.30 bits per heavy atom. The number of rotatable bonds is 11. The van der Waals surface area contributed by atoms with Gasteiger partial charge in [-0.1, -0.05) is 55.3 Å². The van der Waals surface area contributed by atoms with Gasteiger partial charge in [0, 0.05) is 18.1 Å². The van der Waals surface area contributed by atoms with Crippen molar-refractivity contribution in [2.45, 2.75) is 46.2 Å². The van der Waals surface area contributed by atoms with Crippen molar-refractivity contribution in [3.63, 3.8) is 0 Å². The average molecular weight is 494 g/mol. The highest BCUT2D eigenvalue weighted by Crippen LogP contribution is 2.22. The average Bonchev–Trinajstić information content (AvgIpc) is 2.75. The highest BCUT2D eigenvalue weighted by Gasteiger charge is 2.31. The summed E-state index contributed by atoms with van der Waals surface area (Å²) in [5, 5.41) is 3.31. The summed E-state index contributed by atoms with van der Waals surface area (Å²) in [6, 6.07) is 13.2. The predicted molar refractivity (Wildman–Crippen MR) is 133 cm³/mol. The Hall–Kier alpha value is -2.58. The van der Waals surface area contributed by atoms with Crippen molar-refractivity contribution in [2.75, 3.05) is 23.7 Å². The Morgan fingerprint density at radius 2 is 1.76 bits per heavy atom. The normalized spacial score (nSPS) is 12.2. The highest BCUT2D eigenvalue weighted by molar-refractivity contribution is 7.92. The van der Waals surface area contributed by atoms with Crippen LogP contribution in [0.2, 0.25) is 5.02 Å². The van der Waals surface area contributed by atoms with Gasteiger partial charge in [-0.3, -0.25) is 13.9 Å². The van der Waals surface area contributed by atoms with Gasteiger partial charge < -0.3 is 10.2 Å². The molecule has 0 saturated heterocycles. The summed E-state index contributed by atoms with van der Waals surface area (Å²) in [4.78, 5) is 27.9. The van der Waals surface area contributed by atoms with Gasteiger partial charge in [-0.15, -0.1) is 0 Å². The van der Waals surface area contributed by atoms with Crippen molar-refractivity contribution in [2.24, 2.45) is 0 Å². The minimum Gasteiger partial charge on any atom is -0.354 e. The van der Waals surface area contributed by atoms with Crippen molar-refractivity contribution in [3.8, 4) is 0 Å². The molecule has 1 atom stereocenters. The van der Waals surface area contributed by atoms with Crippen molar-refractivity contribution >= 4 is 39.1 Å². The Balaban J connectivity index is 2.41. The van der Waals surface area contributed by atoms with Crippen LogP contribution in [0.3, 0.4) is 0 Å². The molecule has 0 fully saturated rings. The van der Waals surface area contributed by atoms with Gasteiger partial charge in [0.15, 0.2) is 0 Å². The molecule has 2 amide bonds. The zero-order valence-electron chi connectivity index (χ0n) is 19.5. The molecule has 0 saturated carbocycles. The molecule has 7 nitrogen and oxygen atoms in total. The third-order valence-corrected chi connectivity index (χ3v) is 6.56. The molecule has 0 spiro atoms. The molecule has 2 aromatic rings. The van der Waals surface area contributed by atoms with Crippen molar-refractivity contribution in [1.82, 2.24) is 10.2 Å². The van der Waals surface area contributed by atoms with Crippen LogP contribution in [-0.4, -0.2) is 50.5 Å². The number of benzene rings is 2. The van der Waals surface area contributed by atoms with E-state index in [1.807, 2.05) is 45.0 Å². The second-order valence-corrected chi connectivity index (χ2v) is 10.3. The minimum absolute atomic E-state index is 0.191. The van der Waals surface area contributed by atoms with E-state index in [-0.39, 0.29) is 12.5 Å². The Kier molecular flexibility index (Phi) is 9.73. The van der Waals surface area contributed by atoms with Gasteiger partial charge in [0.2, 0.25) is 21.8 Å². The van der Waals surface area contributed by atoms with E-state index >= 15 is 0 Å². The quantitative estimate of drug-likeness (QED) is 0.516. The zero-order chi connectivity index (χ0) is 24.6. The number of halogens is 1. The van der Waals surface area contributed by atoms with Crippen LogP contribution < -0.4 is 9.62 Å². The molecular weight excluding hydrogens is 462 g/mol. The second-order valence-electron chi connectivity index (χ2n) is 7.97.